The number of rotatable bonds is 9. The number of halogens is 4. The molecular weight excluding hydrogens is 435 g/mol. The predicted molar refractivity (Wildman–Crippen MR) is 119 cm³/mol. The molecule has 1 fully saturated rings. The van der Waals surface area contributed by atoms with Gasteiger partial charge in [-0.3, -0.25) is 9.59 Å². The highest BCUT2D eigenvalue weighted by atomic mass is 35.5. The third-order valence-electron chi connectivity index (χ3n) is 4.22. The van der Waals surface area contributed by atoms with Crippen molar-refractivity contribution >= 4 is 36.0 Å². The number of carbonyl (C=O) groups is 2. The summed E-state index contributed by atoms with van der Waals surface area (Å²) in [6, 6.07) is 0.185. The SMILES string of the molecule is C=C(F)/C(Cl)=C\C=C/C[C@H]1CN[C@H](C)[C@H]1/C=C/C(F)=C(Cl)\C=C(/C)NC=O.NC=O. The monoisotopic (exact) mass is 461 g/mol. The van der Waals surface area contributed by atoms with Crippen LogP contribution in [-0.4, -0.2) is 25.4 Å². The van der Waals surface area contributed by atoms with Crippen LogP contribution in [0.25, 0.3) is 0 Å². The fourth-order valence-electron chi connectivity index (χ4n) is 2.75. The van der Waals surface area contributed by atoms with Crippen LogP contribution in [0.5, 0.6) is 0 Å². The average molecular weight is 462 g/mol. The largest absolute Gasteiger partial charge is 0.372 e. The molecule has 0 bridgehead atoms. The summed E-state index contributed by atoms with van der Waals surface area (Å²) in [5.74, 6) is -0.884. The van der Waals surface area contributed by atoms with E-state index in [2.05, 4.69) is 22.9 Å². The molecule has 3 atom stereocenters. The zero-order chi connectivity index (χ0) is 23.1. The smallest absolute Gasteiger partial charge is 0.211 e. The van der Waals surface area contributed by atoms with Crippen molar-refractivity contribution in [2.24, 2.45) is 17.6 Å². The standard InChI is InChI=1S/C20H24Cl2F2N2O.CH3NO/c1-13(26-12-27)10-19(22)20(24)9-8-17-15(3)25-11-16(17)6-4-5-7-18(21)14(2)23;2-1-3/h4-5,7-10,12,15-17,25H,2,6,11H2,1,3H3,(H,26,27);1H,(H2,2,3)/b5-4-,9-8+,13-10+,18-7+,20-19-;/t15-,16+,17-;/m1./s1. The number of primary amides is 1. The molecule has 1 saturated heterocycles. The minimum absolute atomic E-state index is 0.0325. The lowest BCUT2D eigenvalue weighted by atomic mass is 9.88. The first-order chi connectivity index (χ1) is 14.2. The summed E-state index contributed by atoms with van der Waals surface area (Å²) < 4.78 is 27.0. The van der Waals surface area contributed by atoms with Crippen molar-refractivity contribution < 1.29 is 18.4 Å². The van der Waals surface area contributed by atoms with Crippen LogP contribution in [0.1, 0.15) is 20.3 Å². The Hall–Kier alpha value is -2.22. The van der Waals surface area contributed by atoms with Crippen LogP contribution in [0.15, 0.2) is 70.5 Å². The summed E-state index contributed by atoms with van der Waals surface area (Å²) >= 11 is 11.6. The molecular formula is C21H27Cl2F2N3O2. The Morgan fingerprint density at radius 1 is 1.33 bits per heavy atom. The Kier molecular flexibility index (Phi) is 14.4. The lowest BCUT2D eigenvalue weighted by Gasteiger charge is -2.16. The van der Waals surface area contributed by atoms with E-state index in [1.807, 2.05) is 13.0 Å². The number of nitrogens with two attached hydrogens (primary N) is 1. The quantitative estimate of drug-likeness (QED) is 0.349. The van der Waals surface area contributed by atoms with E-state index in [0.717, 1.165) is 13.0 Å². The van der Waals surface area contributed by atoms with Crippen LogP contribution in [0, 0.1) is 11.8 Å². The normalized spacial score (nSPS) is 23.1. The van der Waals surface area contributed by atoms with Gasteiger partial charge in [0.15, 0.2) is 0 Å². The molecule has 30 heavy (non-hydrogen) atoms. The molecule has 4 N–H and O–H groups in total. The number of nitrogens with one attached hydrogen (secondary N) is 2. The van der Waals surface area contributed by atoms with Crippen molar-refractivity contribution in [3.63, 3.8) is 0 Å². The second-order valence-corrected chi connectivity index (χ2v) is 7.21. The van der Waals surface area contributed by atoms with E-state index in [4.69, 9.17) is 28.0 Å². The molecule has 0 aromatic carbocycles. The second kappa shape index (κ2) is 15.6. The molecule has 2 amide bonds. The summed E-state index contributed by atoms with van der Waals surface area (Å²) in [6.07, 6.45) is 11.0. The zero-order valence-corrected chi connectivity index (χ0v) is 18.4. The van der Waals surface area contributed by atoms with Crippen molar-refractivity contribution in [1.82, 2.24) is 10.6 Å². The second-order valence-electron chi connectivity index (χ2n) is 6.40. The van der Waals surface area contributed by atoms with Gasteiger partial charge in [-0.05, 0) is 56.9 Å². The summed E-state index contributed by atoms with van der Waals surface area (Å²) in [5.41, 5.74) is 4.61. The lowest BCUT2D eigenvalue weighted by Crippen LogP contribution is -2.21. The van der Waals surface area contributed by atoms with E-state index in [0.29, 0.717) is 12.1 Å². The summed E-state index contributed by atoms with van der Waals surface area (Å²) in [4.78, 5) is 18.9. The fourth-order valence-corrected chi connectivity index (χ4v) is 3.05. The van der Waals surface area contributed by atoms with Gasteiger partial charge in [-0.2, -0.15) is 0 Å². The first-order valence-corrected chi connectivity index (χ1v) is 9.81. The Bertz CT molecular complexity index is 747. The van der Waals surface area contributed by atoms with Gasteiger partial charge < -0.3 is 16.4 Å². The van der Waals surface area contributed by atoms with Crippen LogP contribution in [-0.2, 0) is 9.59 Å². The average Bonchev–Trinajstić information content (AvgIpc) is 3.03. The van der Waals surface area contributed by atoms with Crippen molar-refractivity contribution in [1.29, 1.82) is 0 Å². The highest BCUT2D eigenvalue weighted by Gasteiger charge is 2.30. The molecule has 0 saturated carbocycles. The number of hydrogen-bond acceptors (Lipinski definition) is 3. The summed E-state index contributed by atoms with van der Waals surface area (Å²) in [7, 11) is 0. The highest BCUT2D eigenvalue weighted by molar-refractivity contribution is 6.32. The fraction of sp³-hybridized carbons (Fsp3) is 0.333. The topological polar surface area (TPSA) is 84.2 Å². The maximum atomic E-state index is 14.2. The zero-order valence-electron chi connectivity index (χ0n) is 16.9. The predicted octanol–water partition coefficient (Wildman–Crippen LogP) is 4.49. The van der Waals surface area contributed by atoms with E-state index in [9.17, 15) is 13.6 Å². The third-order valence-corrected chi connectivity index (χ3v) is 4.84. The van der Waals surface area contributed by atoms with Crippen LogP contribution < -0.4 is 16.4 Å². The Balaban J connectivity index is 0.00000263. The molecule has 5 nitrogen and oxygen atoms in total. The minimum Gasteiger partial charge on any atom is -0.372 e. The number of allylic oxidation sites excluding steroid dienone is 10. The number of hydrogen-bond donors (Lipinski definition) is 3. The van der Waals surface area contributed by atoms with E-state index >= 15 is 0 Å². The molecule has 1 heterocycles. The van der Waals surface area contributed by atoms with Crippen molar-refractivity contribution in [3.8, 4) is 0 Å². The van der Waals surface area contributed by atoms with E-state index in [-0.39, 0.29) is 34.4 Å². The first kappa shape index (κ1) is 27.8. The van der Waals surface area contributed by atoms with Gasteiger partial charge in [0.25, 0.3) is 0 Å². The van der Waals surface area contributed by atoms with Gasteiger partial charge >= 0.3 is 0 Å². The van der Waals surface area contributed by atoms with Crippen molar-refractivity contribution in [3.05, 3.63) is 70.5 Å². The molecule has 1 aliphatic heterocycles. The van der Waals surface area contributed by atoms with E-state index in [1.165, 1.54) is 18.2 Å². The minimum atomic E-state index is -0.676. The molecule has 9 heteroatoms. The molecule has 0 aliphatic carbocycles. The molecule has 1 aliphatic rings. The molecule has 0 spiro atoms. The van der Waals surface area contributed by atoms with Gasteiger partial charge in [0.05, 0.1) is 10.1 Å². The van der Waals surface area contributed by atoms with E-state index < -0.39 is 11.7 Å². The number of carbonyl (C=O) groups excluding carboxylic acids is 2. The highest BCUT2D eigenvalue weighted by Crippen LogP contribution is 2.28. The van der Waals surface area contributed by atoms with Crippen LogP contribution in [0.4, 0.5) is 8.78 Å². The molecule has 0 radical (unpaired) electrons. The van der Waals surface area contributed by atoms with Gasteiger partial charge in [-0.1, -0.05) is 48.0 Å². The summed E-state index contributed by atoms with van der Waals surface area (Å²) in [5, 5.41) is 5.64. The Morgan fingerprint density at radius 2 is 1.97 bits per heavy atom. The van der Waals surface area contributed by atoms with Crippen molar-refractivity contribution in [2.75, 3.05) is 6.54 Å². The van der Waals surface area contributed by atoms with E-state index in [1.54, 1.807) is 19.1 Å². The van der Waals surface area contributed by atoms with Gasteiger partial charge in [-0.25, -0.2) is 8.78 Å². The van der Waals surface area contributed by atoms with Gasteiger partial charge in [0, 0.05) is 11.7 Å². The molecule has 0 aromatic heterocycles. The maximum absolute atomic E-state index is 14.2. The maximum Gasteiger partial charge on any atom is 0.211 e. The third kappa shape index (κ3) is 11.1. The van der Waals surface area contributed by atoms with Gasteiger partial charge in [-0.15, -0.1) is 0 Å². The van der Waals surface area contributed by atoms with Crippen LogP contribution in [0.2, 0.25) is 0 Å². The Labute approximate surface area is 186 Å². The number of amides is 2. The first-order valence-electron chi connectivity index (χ1n) is 9.05. The lowest BCUT2D eigenvalue weighted by molar-refractivity contribution is -0.109. The molecule has 166 valence electrons. The molecule has 0 unspecified atom stereocenters. The van der Waals surface area contributed by atoms with Crippen LogP contribution in [0.3, 0.4) is 0 Å². The summed E-state index contributed by atoms with van der Waals surface area (Å²) in [6.45, 7) is 7.55. The molecule has 0 aromatic rings. The van der Waals surface area contributed by atoms with Gasteiger partial charge in [0.1, 0.15) is 11.7 Å². The Morgan fingerprint density at radius 3 is 2.53 bits per heavy atom. The molecule has 1 rings (SSSR count). The van der Waals surface area contributed by atoms with Crippen LogP contribution >= 0.6 is 23.2 Å². The van der Waals surface area contributed by atoms with Gasteiger partial charge in [0.2, 0.25) is 12.8 Å². The van der Waals surface area contributed by atoms with Crippen molar-refractivity contribution in [2.45, 2.75) is 26.3 Å².